The molecule has 8 nitrogen and oxygen atoms in total. The third-order valence-corrected chi connectivity index (χ3v) is 12.0. The van der Waals surface area contributed by atoms with E-state index in [2.05, 4.69) is 33.8 Å². The average molecular weight is 658 g/mol. The van der Waals surface area contributed by atoms with Crippen molar-refractivity contribution in [3.8, 4) is 6.07 Å². The number of halogens is 1. The van der Waals surface area contributed by atoms with Gasteiger partial charge < -0.3 is 24.3 Å². The summed E-state index contributed by atoms with van der Waals surface area (Å²) in [6.07, 6.45) is 6.94. The van der Waals surface area contributed by atoms with Crippen LogP contribution in [0.4, 0.5) is 10.1 Å². The largest absolute Gasteiger partial charge is 0.469 e. The molecule has 0 spiro atoms. The summed E-state index contributed by atoms with van der Waals surface area (Å²) in [5.74, 6) is 0.487. The van der Waals surface area contributed by atoms with Gasteiger partial charge in [-0.15, -0.1) is 0 Å². The summed E-state index contributed by atoms with van der Waals surface area (Å²) in [7, 11) is 4.90. The lowest BCUT2D eigenvalue weighted by atomic mass is 9.56. The van der Waals surface area contributed by atoms with Gasteiger partial charge in [0, 0.05) is 63.2 Å². The SMILES string of the molecule is COC(=O)C[C@H]1CCC[C@@H]1[C@](CN1CCC1)(c1cccc(F)c1)C1CCN(CC2(C)CN(c3ccc(C#N)c(C(=O)N(C)C)c3)C2)CC1. The van der Waals surface area contributed by atoms with Crippen LogP contribution in [-0.2, 0) is 14.9 Å². The van der Waals surface area contributed by atoms with Gasteiger partial charge in [0.2, 0.25) is 0 Å². The molecule has 4 fully saturated rings. The number of amides is 1. The summed E-state index contributed by atoms with van der Waals surface area (Å²) in [5, 5.41) is 9.56. The van der Waals surface area contributed by atoms with Gasteiger partial charge in [-0.2, -0.15) is 5.26 Å². The van der Waals surface area contributed by atoms with Crippen LogP contribution in [0.3, 0.4) is 0 Å². The van der Waals surface area contributed by atoms with Crippen molar-refractivity contribution < 1.29 is 18.7 Å². The molecule has 0 bridgehead atoms. The number of piperidine rings is 1. The predicted molar refractivity (Wildman–Crippen MR) is 185 cm³/mol. The van der Waals surface area contributed by atoms with E-state index in [-0.39, 0.29) is 34.4 Å². The Balaban J connectivity index is 1.18. The van der Waals surface area contributed by atoms with Crippen LogP contribution in [0.1, 0.15) is 73.4 Å². The minimum atomic E-state index is -0.210. The molecule has 2 aromatic rings. The molecule has 3 aliphatic heterocycles. The predicted octanol–water partition coefficient (Wildman–Crippen LogP) is 5.56. The lowest BCUT2D eigenvalue weighted by molar-refractivity contribution is -0.142. The van der Waals surface area contributed by atoms with Crippen molar-refractivity contribution in [2.24, 2.45) is 23.2 Å². The molecule has 9 heteroatoms. The Bertz CT molecular complexity index is 1520. The molecule has 2 aromatic carbocycles. The summed E-state index contributed by atoms with van der Waals surface area (Å²) in [6, 6.07) is 15.1. The van der Waals surface area contributed by atoms with Crippen LogP contribution in [0.25, 0.3) is 0 Å². The van der Waals surface area contributed by atoms with Gasteiger partial charge in [0.15, 0.2) is 0 Å². The zero-order valence-electron chi connectivity index (χ0n) is 29.2. The Morgan fingerprint density at radius 2 is 1.77 bits per heavy atom. The fraction of sp³-hybridized carbons (Fsp3) is 0.615. The highest BCUT2D eigenvalue weighted by atomic mass is 19.1. The maximum Gasteiger partial charge on any atom is 0.305 e. The standard InChI is InChI=1S/C39H52FN5O3/c1-38(25-45(26-38)33-13-12-29(23-41)34(22-33)37(47)42(2)3)24-44-18-14-30(15-19-44)39(27-43-16-7-17-43,31-9-6-10-32(40)21-31)35-11-5-8-28(35)20-36(46)48-4/h6,9-10,12-13,21-22,28,30,35H,5,7-8,11,14-20,24-27H2,1-4H3/t28-,35+,39+/m1/s1. The lowest BCUT2D eigenvalue weighted by Gasteiger charge is -2.55. The van der Waals surface area contributed by atoms with Gasteiger partial charge >= 0.3 is 5.97 Å². The van der Waals surface area contributed by atoms with Gasteiger partial charge in [-0.05, 0) is 112 Å². The number of carbonyl (C=O) groups is 2. The molecular formula is C39H52FN5O3. The Morgan fingerprint density at radius 1 is 1.02 bits per heavy atom. The highest BCUT2D eigenvalue weighted by Gasteiger charge is 2.53. The van der Waals surface area contributed by atoms with Crippen LogP contribution in [0.5, 0.6) is 0 Å². The van der Waals surface area contributed by atoms with Gasteiger partial charge in [0.1, 0.15) is 5.82 Å². The molecule has 1 amide bonds. The second-order valence-electron chi connectivity index (χ2n) is 15.5. The third-order valence-electron chi connectivity index (χ3n) is 12.0. The van der Waals surface area contributed by atoms with Crippen LogP contribution in [0.15, 0.2) is 42.5 Å². The van der Waals surface area contributed by atoms with E-state index >= 15 is 0 Å². The van der Waals surface area contributed by atoms with Crippen molar-refractivity contribution in [1.82, 2.24) is 14.7 Å². The molecule has 0 radical (unpaired) electrons. The Kier molecular flexibility index (Phi) is 10.1. The topological polar surface area (TPSA) is 80.1 Å². The quantitative estimate of drug-likeness (QED) is 0.293. The molecule has 1 aliphatic carbocycles. The third kappa shape index (κ3) is 6.84. The van der Waals surface area contributed by atoms with Crippen LogP contribution < -0.4 is 4.90 Å². The van der Waals surface area contributed by atoms with E-state index in [1.54, 1.807) is 32.3 Å². The first-order valence-electron chi connectivity index (χ1n) is 17.8. The van der Waals surface area contributed by atoms with Crippen molar-refractivity contribution in [1.29, 1.82) is 5.26 Å². The van der Waals surface area contributed by atoms with Crippen LogP contribution >= 0.6 is 0 Å². The summed E-state index contributed by atoms with van der Waals surface area (Å²) in [4.78, 5) is 34.3. The first kappa shape index (κ1) is 34.4. The first-order chi connectivity index (χ1) is 23.0. The minimum absolute atomic E-state index is 0.126. The van der Waals surface area contributed by atoms with Crippen molar-refractivity contribution in [2.45, 2.75) is 57.3 Å². The lowest BCUT2D eigenvalue weighted by Crippen LogP contribution is -2.61. The minimum Gasteiger partial charge on any atom is -0.469 e. The maximum absolute atomic E-state index is 15.0. The van der Waals surface area contributed by atoms with Crippen molar-refractivity contribution in [3.05, 3.63) is 65.0 Å². The number of anilines is 1. The van der Waals surface area contributed by atoms with Crippen LogP contribution in [-0.4, -0.2) is 100 Å². The number of hydrogen-bond donors (Lipinski definition) is 0. The van der Waals surface area contributed by atoms with E-state index in [1.807, 2.05) is 18.2 Å². The van der Waals surface area contributed by atoms with Crippen molar-refractivity contribution in [3.63, 3.8) is 0 Å². The number of hydrogen-bond acceptors (Lipinski definition) is 7. The first-order valence-corrected chi connectivity index (χ1v) is 17.8. The zero-order chi connectivity index (χ0) is 34.1. The summed E-state index contributed by atoms with van der Waals surface area (Å²) in [5.41, 5.74) is 2.87. The van der Waals surface area contributed by atoms with Gasteiger partial charge in [-0.1, -0.05) is 25.5 Å². The van der Waals surface area contributed by atoms with E-state index < -0.39 is 0 Å². The number of methoxy groups -OCH3 is 1. The summed E-state index contributed by atoms with van der Waals surface area (Å²) < 4.78 is 20.2. The van der Waals surface area contributed by atoms with Crippen molar-refractivity contribution >= 4 is 17.6 Å². The normalized spacial score (nSPS) is 24.2. The van der Waals surface area contributed by atoms with Crippen LogP contribution in [0.2, 0.25) is 0 Å². The monoisotopic (exact) mass is 657 g/mol. The molecule has 1 saturated carbocycles. The highest BCUT2D eigenvalue weighted by molar-refractivity contribution is 5.97. The molecule has 0 aromatic heterocycles. The Hall–Kier alpha value is -3.48. The number of rotatable bonds is 11. The second-order valence-corrected chi connectivity index (χ2v) is 15.5. The molecule has 3 heterocycles. The molecule has 0 N–H and O–H groups in total. The number of esters is 1. The number of likely N-dealkylation sites (tertiary alicyclic amines) is 2. The number of ether oxygens (including phenoxy) is 1. The maximum atomic E-state index is 15.0. The highest BCUT2D eigenvalue weighted by Crippen LogP contribution is 2.54. The molecule has 48 heavy (non-hydrogen) atoms. The smallest absolute Gasteiger partial charge is 0.305 e. The molecule has 258 valence electrons. The molecule has 6 rings (SSSR count). The average Bonchev–Trinajstić information content (AvgIpc) is 3.51. The molecule has 3 atom stereocenters. The van der Waals surface area contributed by atoms with Crippen molar-refractivity contribution in [2.75, 3.05) is 78.5 Å². The Morgan fingerprint density at radius 3 is 2.40 bits per heavy atom. The summed E-state index contributed by atoms with van der Waals surface area (Å²) >= 11 is 0. The Labute approximate surface area is 285 Å². The van der Waals surface area contributed by atoms with Crippen LogP contribution in [0, 0.1) is 40.3 Å². The summed E-state index contributed by atoms with van der Waals surface area (Å²) in [6.45, 7) is 10.3. The van der Waals surface area contributed by atoms with Gasteiger partial charge in [0.05, 0.1) is 24.3 Å². The van der Waals surface area contributed by atoms with E-state index in [4.69, 9.17) is 4.74 Å². The molecule has 4 aliphatic rings. The van der Waals surface area contributed by atoms with Gasteiger partial charge in [-0.3, -0.25) is 9.59 Å². The van der Waals surface area contributed by atoms with E-state index in [0.29, 0.717) is 29.4 Å². The zero-order valence-corrected chi connectivity index (χ0v) is 29.2. The number of nitrogens with zero attached hydrogens (tertiary/aromatic N) is 5. The number of nitriles is 1. The fourth-order valence-corrected chi connectivity index (χ4v) is 9.58. The molecule has 0 unspecified atom stereocenters. The molecule has 3 saturated heterocycles. The fourth-order valence-electron chi connectivity index (χ4n) is 9.58. The number of benzene rings is 2. The van der Waals surface area contributed by atoms with E-state index in [9.17, 15) is 19.2 Å². The number of carbonyl (C=O) groups excluding carboxylic acids is 2. The van der Waals surface area contributed by atoms with Gasteiger partial charge in [0.25, 0.3) is 5.91 Å². The molecular weight excluding hydrogens is 605 g/mol. The second kappa shape index (κ2) is 14.2. The van der Waals surface area contributed by atoms with E-state index in [1.165, 1.54) is 18.4 Å². The van der Waals surface area contributed by atoms with Gasteiger partial charge in [-0.25, -0.2) is 4.39 Å². The van der Waals surface area contributed by atoms with E-state index in [0.717, 1.165) is 95.7 Å².